The summed E-state index contributed by atoms with van der Waals surface area (Å²) in [6.45, 7) is 8.64. The summed E-state index contributed by atoms with van der Waals surface area (Å²) >= 11 is 0. The van der Waals surface area contributed by atoms with E-state index in [-0.39, 0.29) is 0 Å². The second-order valence-electron chi connectivity index (χ2n) is 3.77. The van der Waals surface area contributed by atoms with Crippen LogP contribution in [0.5, 0.6) is 0 Å². The molecule has 0 aromatic carbocycles. The van der Waals surface area contributed by atoms with Gasteiger partial charge in [-0.05, 0) is 25.8 Å². The Kier molecular flexibility index (Phi) is 3.34. The maximum Gasteiger partial charge on any atom is 0.0700 e. The third-order valence-corrected chi connectivity index (χ3v) is 2.16. The van der Waals surface area contributed by atoms with Crippen LogP contribution >= 0.6 is 0 Å². The summed E-state index contributed by atoms with van der Waals surface area (Å²) in [6.07, 6.45) is 1.59. The van der Waals surface area contributed by atoms with Crippen LogP contribution in [0, 0.1) is 5.92 Å². The van der Waals surface area contributed by atoms with Crippen molar-refractivity contribution >= 4 is 0 Å². The molecular formula is C9H19NO. The summed E-state index contributed by atoms with van der Waals surface area (Å²) in [5.41, 5.74) is 0. The molecule has 1 rings (SSSR count). The summed E-state index contributed by atoms with van der Waals surface area (Å²) in [5.74, 6) is 0.739. The fourth-order valence-corrected chi connectivity index (χ4v) is 1.39. The van der Waals surface area contributed by atoms with Crippen LogP contribution in [0.15, 0.2) is 0 Å². The van der Waals surface area contributed by atoms with Gasteiger partial charge in [-0.1, -0.05) is 13.8 Å². The summed E-state index contributed by atoms with van der Waals surface area (Å²) in [4.78, 5) is 0. The fourth-order valence-electron chi connectivity index (χ4n) is 1.39. The minimum Gasteiger partial charge on any atom is -0.377 e. The van der Waals surface area contributed by atoms with E-state index in [4.69, 9.17) is 4.74 Å². The lowest BCUT2D eigenvalue weighted by Crippen LogP contribution is -2.36. The van der Waals surface area contributed by atoms with Gasteiger partial charge in [0.2, 0.25) is 0 Å². The van der Waals surface area contributed by atoms with Crippen molar-refractivity contribution in [3.63, 3.8) is 0 Å². The average molecular weight is 157 g/mol. The largest absolute Gasteiger partial charge is 0.377 e. The Morgan fingerprint density at radius 1 is 1.55 bits per heavy atom. The number of hydrogen-bond donors (Lipinski definition) is 1. The van der Waals surface area contributed by atoms with Crippen LogP contribution in [0.4, 0.5) is 0 Å². The Morgan fingerprint density at radius 2 is 2.27 bits per heavy atom. The van der Waals surface area contributed by atoms with Crippen LogP contribution < -0.4 is 5.32 Å². The van der Waals surface area contributed by atoms with Gasteiger partial charge in [-0.25, -0.2) is 0 Å². The van der Waals surface area contributed by atoms with Crippen LogP contribution in [0.25, 0.3) is 0 Å². The molecule has 1 aliphatic heterocycles. The first-order valence-electron chi connectivity index (χ1n) is 4.55. The third-order valence-electron chi connectivity index (χ3n) is 2.16. The maximum atomic E-state index is 5.44. The van der Waals surface area contributed by atoms with E-state index in [1.807, 2.05) is 0 Å². The summed E-state index contributed by atoms with van der Waals surface area (Å²) in [7, 11) is 0. The smallest absolute Gasteiger partial charge is 0.0700 e. The fraction of sp³-hybridized carbons (Fsp3) is 1.00. The lowest BCUT2D eigenvalue weighted by molar-refractivity contribution is 0.112. The van der Waals surface area contributed by atoms with Gasteiger partial charge in [-0.3, -0.25) is 0 Å². The first-order valence-corrected chi connectivity index (χ1v) is 4.55. The molecule has 2 atom stereocenters. The molecule has 0 radical (unpaired) electrons. The zero-order chi connectivity index (χ0) is 8.27. The van der Waals surface area contributed by atoms with E-state index in [1.165, 1.54) is 6.42 Å². The molecule has 2 unspecified atom stereocenters. The highest BCUT2D eigenvalue weighted by molar-refractivity contribution is 4.78. The second kappa shape index (κ2) is 4.07. The Hall–Kier alpha value is -0.0800. The Bertz CT molecular complexity index is 114. The van der Waals surface area contributed by atoms with Crippen molar-refractivity contribution in [3.8, 4) is 0 Å². The van der Waals surface area contributed by atoms with Crippen molar-refractivity contribution < 1.29 is 4.74 Å². The SMILES string of the molecule is CC(C)CNC1CCOC1C. The Morgan fingerprint density at radius 3 is 2.73 bits per heavy atom. The molecule has 11 heavy (non-hydrogen) atoms. The Labute approximate surface area is 69.3 Å². The monoisotopic (exact) mass is 157 g/mol. The third kappa shape index (κ3) is 2.80. The highest BCUT2D eigenvalue weighted by Gasteiger charge is 2.23. The molecule has 1 aliphatic rings. The van der Waals surface area contributed by atoms with Crippen molar-refractivity contribution in [3.05, 3.63) is 0 Å². The molecule has 1 heterocycles. The zero-order valence-corrected chi connectivity index (χ0v) is 7.76. The molecule has 0 aliphatic carbocycles. The molecule has 0 saturated carbocycles. The highest BCUT2D eigenvalue weighted by atomic mass is 16.5. The average Bonchev–Trinajstić information content (AvgIpc) is 2.31. The molecule has 2 heteroatoms. The van der Waals surface area contributed by atoms with E-state index in [0.717, 1.165) is 19.1 Å². The lowest BCUT2D eigenvalue weighted by Gasteiger charge is -2.17. The predicted molar refractivity (Wildman–Crippen MR) is 46.7 cm³/mol. The summed E-state index contributed by atoms with van der Waals surface area (Å²) < 4.78 is 5.44. The molecule has 0 bridgehead atoms. The highest BCUT2D eigenvalue weighted by Crippen LogP contribution is 2.12. The molecule has 2 nitrogen and oxygen atoms in total. The molecule has 0 spiro atoms. The van der Waals surface area contributed by atoms with E-state index in [0.29, 0.717) is 12.1 Å². The standard InChI is InChI=1S/C9H19NO/c1-7(2)6-10-9-4-5-11-8(9)3/h7-10H,4-6H2,1-3H3. The first-order chi connectivity index (χ1) is 5.20. The molecule has 0 amide bonds. The van der Waals surface area contributed by atoms with Crippen LogP contribution in [-0.4, -0.2) is 25.3 Å². The van der Waals surface area contributed by atoms with E-state index in [2.05, 4.69) is 26.1 Å². The zero-order valence-electron chi connectivity index (χ0n) is 7.76. The van der Waals surface area contributed by atoms with Gasteiger partial charge in [0.1, 0.15) is 0 Å². The van der Waals surface area contributed by atoms with Gasteiger partial charge in [0.25, 0.3) is 0 Å². The van der Waals surface area contributed by atoms with Crippen LogP contribution in [-0.2, 0) is 4.74 Å². The van der Waals surface area contributed by atoms with E-state index in [9.17, 15) is 0 Å². The van der Waals surface area contributed by atoms with Crippen molar-refractivity contribution in [2.75, 3.05) is 13.2 Å². The van der Waals surface area contributed by atoms with Crippen molar-refractivity contribution in [2.45, 2.75) is 39.3 Å². The predicted octanol–water partition coefficient (Wildman–Crippen LogP) is 1.41. The van der Waals surface area contributed by atoms with Crippen molar-refractivity contribution in [1.82, 2.24) is 5.32 Å². The molecule has 66 valence electrons. The normalized spacial score (nSPS) is 31.6. The molecule has 0 aromatic rings. The van der Waals surface area contributed by atoms with Gasteiger partial charge in [-0.15, -0.1) is 0 Å². The lowest BCUT2D eigenvalue weighted by atomic mass is 10.1. The molecule has 1 N–H and O–H groups in total. The number of nitrogens with one attached hydrogen (secondary N) is 1. The molecule has 0 aromatic heterocycles. The van der Waals surface area contributed by atoms with E-state index >= 15 is 0 Å². The van der Waals surface area contributed by atoms with E-state index < -0.39 is 0 Å². The first kappa shape index (κ1) is 9.01. The number of hydrogen-bond acceptors (Lipinski definition) is 2. The van der Waals surface area contributed by atoms with Gasteiger partial charge in [0, 0.05) is 12.6 Å². The number of ether oxygens (including phenoxy) is 1. The quantitative estimate of drug-likeness (QED) is 0.669. The minimum absolute atomic E-state index is 0.411. The summed E-state index contributed by atoms with van der Waals surface area (Å²) in [5, 5.41) is 3.51. The second-order valence-corrected chi connectivity index (χ2v) is 3.77. The van der Waals surface area contributed by atoms with Gasteiger partial charge in [0.05, 0.1) is 6.10 Å². The van der Waals surface area contributed by atoms with Crippen LogP contribution in [0.3, 0.4) is 0 Å². The van der Waals surface area contributed by atoms with Gasteiger partial charge in [0.15, 0.2) is 0 Å². The maximum absolute atomic E-state index is 5.44. The topological polar surface area (TPSA) is 21.3 Å². The Balaban J connectivity index is 2.15. The van der Waals surface area contributed by atoms with E-state index in [1.54, 1.807) is 0 Å². The molecular weight excluding hydrogens is 138 g/mol. The minimum atomic E-state index is 0.411. The summed E-state index contributed by atoms with van der Waals surface area (Å²) in [6, 6.07) is 0.595. The van der Waals surface area contributed by atoms with Gasteiger partial charge < -0.3 is 10.1 Å². The van der Waals surface area contributed by atoms with Gasteiger partial charge >= 0.3 is 0 Å². The number of rotatable bonds is 3. The van der Waals surface area contributed by atoms with Gasteiger partial charge in [-0.2, -0.15) is 0 Å². The van der Waals surface area contributed by atoms with Crippen LogP contribution in [0.1, 0.15) is 27.2 Å². The van der Waals surface area contributed by atoms with Crippen molar-refractivity contribution in [1.29, 1.82) is 0 Å². The van der Waals surface area contributed by atoms with Crippen LogP contribution in [0.2, 0.25) is 0 Å². The molecule has 1 fully saturated rings. The molecule has 1 saturated heterocycles. The van der Waals surface area contributed by atoms with Crippen molar-refractivity contribution in [2.24, 2.45) is 5.92 Å².